The number of fused-ring (bicyclic) bond motifs is 2. The van der Waals surface area contributed by atoms with Gasteiger partial charge in [-0.25, -0.2) is 9.78 Å². The van der Waals surface area contributed by atoms with Crippen molar-refractivity contribution in [3.05, 3.63) is 92.8 Å². The summed E-state index contributed by atoms with van der Waals surface area (Å²) in [7, 11) is 1.66. The van der Waals surface area contributed by atoms with Gasteiger partial charge in [-0.3, -0.25) is 4.79 Å². The number of nitrogens with two attached hydrogens (primary N) is 1. The second-order valence-electron chi connectivity index (χ2n) is 9.86. The Morgan fingerprint density at radius 3 is 2.39 bits per heavy atom. The first-order valence-corrected chi connectivity index (χ1v) is 14.3. The van der Waals surface area contributed by atoms with E-state index in [1.165, 1.54) is 0 Å². The Bertz CT molecular complexity index is 1850. The number of rotatable bonds is 9. The Kier molecular flexibility index (Phi) is 10.6. The van der Waals surface area contributed by atoms with Crippen LogP contribution in [0.4, 0.5) is 13.2 Å². The van der Waals surface area contributed by atoms with Gasteiger partial charge in [-0.05, 0) is 55.3 Å². The molecule has 44 heavy (non-hydrogen) atoms. The van der Waals surface area contributed by atoms with Gasteiger partial charge < -0.3 is 24.7 Å². The van der Waals surface area contributed by atoms with Gasteiger partial charge in [0.05, 0.1) is 28.2 Å². The van der Waals surface area contributed by atoms with E-state index in [1.54, 1.807) is 23.8 Å². The maximum Gasteiger partial charge on any atom is 0.490 e. The van der Waals surface area contributed by atoms with Crippen molar-refractivity contribution < 1.29 is 27.8 Å². The molecule has 0 amide bonds. The summed E-state index contributed by atoms with van der Waals surface area (Å²) in [5.74, 6) is -1.95. The molecule has 5 aromatic rings. The number of hydrogen-bond acceptors (Lipinski definition) is 5. The standard InChI is InChI=1S/C29H28Cl2N4O2.C2HF3O2/c1-37-20-9-7-8-19(14-20)17-34-18-22(21-10-3-4-11-26(21)34)28-29(36)35(13-6-2-5-12-32)27-16-24(31)23(30)15-25(27)33-28;3-2(4,5)1(6)7/h3-4,7-11,14-16,18H,2,5-6,12-13,17,32H2,1H3;(H,6,7). The van der Waals surface area contributed by atoms with Gasteiger partial charge in [-0.1, -0.05) is 60.0 Å². The quantitative estimate of drug-likeness (QED) is 0.164. The molecule has 0 aliphatic heterocycles. The summed E-state index contributed by atoms with van der Waals surface area (Å²) >= 11 is 12.7. The first-order valence-electron chi connectivity index (χ1n) is 13.6. The van der Waals surface area contributed by atoms with Crippen molar-refractivity contribution in [2.75, 3.05) is 13.7 Å². The van der Waals surface area contributed by atoms with Gasteiger partial charge in [0.2, 0.25) is 0 Å². The van der Waals surface area contributed by atoms with Crippen molar-refractivity contribution in [2.24, 2.45) is 5.73 Å². The van der Waals surface area contributed by atoms with Gasteiger partial charge in [0.25, 0.3) is 5.56 Å². The van der Waals surface area contributed by atoms with E-state index in [-0.39, 0.29) is 5.56 Å². The largest absolute Gasteiger partial charge is 0.497 e. The molecule has 0 bridgehead atoms. The van der Waals surface area contributed by atoms with Crippen LogP contribution in [0.1, 0.15) is 24.8 Å². The van der Waals surface area contributed by atoms with E-state index in [1.807, 2.05) is 42.6 Å². The van der Waals surface area contributed by atoms with Gasteiger partial charge in [-0.15, -0.1) is 0 Å². The normalized spacial score (nSPS) is 11.4. The number of hydrogen-bond donors (Lipinski definition) is 2. The van der Waals surface area contributed by atoms with E-state index < -0.39 is 12.1 Å². The Balaban J connectivity index is 0.000000566. The fraction of sp³-hybridized carbons (Fsp3) is 0.258. The van der Waals surface area contributed by atoms with E-state index in [9.17, 15) is 18.0 Å². The number of unbranched alkanes of at least 4 members (excludes halogenated alkanes) is 2. The summed E-state index contributed by atoms with van der Waals surface area (Å²) in [5, 5.41) is 8.89. The highest BCUT2D eigenvalue weighted by Crippen LogP contribution is 2.32. The first kappa shape index (κ1) is 32.8. The minimum Gasteiger partial charge on any atom is -0.497 e. The van der Waals surface area contributed by atoms with E-state index in [0.29, 0.717) is 46.4 Å². The fourth-order valence-electron chi connectivity index (χ4n) is 4.76. The number of halogens is 5. The van der Waals surface area contributed by atoms with Gasteiger partial charge >= 0.3 is 12.1 Å². The summed E-state index contributed by atoms with van der Waals surface area (Å²) in [6, 6.07) is 19.5. The maximum absolute atomic E-state index is 13.9. The van der Waals surface area contributed by atoms with Crippen LogP contribution in [0.25, 0.3) is 33.2 Å². The molecule has 0 fully saturated rings. The smallest absolute Gasteiger partial charge is 0.490 e. The molecule has 0 saturated heterocycles. The molecule has 13 heteroatoms. The van der Waals surface area contributed by atoms with Crippen LogP contribution in [0, 0.1) is 0 Å². The van der Waals surface area contributed by atoms with Gasteiger partial charge in [-0.2, -0.15) is 13.2 Å². The zero-order chi connectivity index (χ0) is 32.0. The molecule has 0 saturated carbocycles. The Morgan fingerprint density at radius 2 is 1.70 bits per heavy atom. The Morgan fingerprint density at radius 1 is 1.00 bits per heavy atom. The second kappa shape index (κ2) is 14.1. The number of carboxylic acids is 1. The molecule has 0 unspecified atom stereocenters. The van der Waals surface area contributed by atoms with Crippen LogP contribution in [0.2, 0.25) is 10.0 Å². The minimum atomic E-state index is -5.08. The van der Waals surface area contributed by atoms with E-state index in [4.69, 9.17) is 48.6 Å². The number of benzene rings is 3. The molecule has 0 atom stereocenters. The number of aromatic nitrogens is 3. The number of nitrogens with zero attached hydrogens (tertiary/aromatic N) is 3. The van der Waals surface area contributed by atoms with E-state index in [2.05, 4.69) is 16.7 Å². The second-order valence-corrected chi connectivity index (χ2v) is 10.7. The molecule has 2 aromatic heterocycles. The van der Waals surface area contributed by atoms with Gasteiger partial charge in [0.15, 0.2) is 0 Å². The third-order valence-corrected chi connectivity index (χ3v) is 7.57. The van der Waals surface area contributed by atoms with Crippen molar-refractivity contribution in [1.29, 1.82) is 0 Å². The molecule has 0 aliphatic rings. The number of methoxy groups -OCH3 is 1. The average Bonchev–Trinajstić information content (AvgIpc) is 3.35. The third-order valence-electron chi connectivity index (χ3n) is 6.85. The highest BCUT2D eigenvalue weighted by Gasteiger charge is 2.38. The van der Waals surface area contributed by atoms with Crippen LogP contribution in [-0.2, 0) is 17.9 Å². The summed E-state index contributed by atoms with van der Waals surface area (Å²) < 4.78 is 41.0. The topological polar surface area (TPSA) is 112 Å². The van der Waals surface area contributed by atoms with E-state index >= 15 is 0 Å². The molecule has 0 aliphatic carbocycles. The lowest BCUT2D eigenvalue weighted by atomic mass is 10.1. The van der Waals surface area contributed by atoms with Gasteiger partial charge in [0.1, 0.15) is 11.4 Å². The Hall–Kier alpha value is -4.06. The lowest BCUT2D eigenvalue weighted by molar-refractivity contribution is -0.192. The molecule has 232 valence electrons. The summed E-state index contributed by atoms with van der Waals surface area (Å²) in [6.45, 7) is 1.80. The predicted molar refractivity (Wildman–Crippen MR) is 166 cm³/mol. The monoisotopic (exact) mass is 648 g/mol. The fourth-order valence-corrected chi connectivity index (χ4v) is 5.08. The highest BCUT2D eigenvalue weighted by molar-refractivity contribution is 6.42. The van der Waals surface area contributed by atoms with Crippen LogP contribution < -0.4 is 16.0 Å². The van der Waals surface area contributed by atoms with Crippen LogP contribution in [0.5, 0.6) is 5.75 Å². The van der Waals surface area contributed by atoms with Crippen LogP contribution >= 0.6 is 23.2 Å². The number of para-hydroxylation sites is 1. The summed E-state index contributed by atoms with van der Waals surface area (Å²) in [5.41, 5.74) is 10.1. The van der Waals surface area contributed by atoms with Crippen molar-refractivity contribution in [3.8, 4) is 17.0 Å². The summed E-state index contributed by atoms with van der Waals surface area (Å²) in [4.78, 5) is 27.6. The number of alkyl halides is 3. The number of carbonyl (C=O) groups is 1. The number of carboxylic acid groups (broad SMARTS) is 1. The molecule has 2 heterocycles. The Labute approximate surface area is 260 Å². The lowest BCUT2D eigenvalue weighted by Crippen LogP contribution is -2.24. The molecule has 5 rings (SSSR count). The van der Waals surface area contributed by atoms with Crippen molar-refractivity contribution in [1.82, 2.24) is 14.1 Å². The minimum absolute atomic E-state index is 0.150. The molecular formula is C31H29Cl2F3N4O4. The molecule has 3 N–H and O–H groups in total. The average molecular weight is 649 g/mol. The zero-order valence-corrected chi connectivity index (χ0v) is 25.1. The first-order chi connectivity index (χ1) is 20.9. The van der Waals surface area contributed by atoms with Crippen LogP contribution in [0.3, 0.4) is 0 Å². The van der Waals surface area contributed by atoms with Crippen LogP contribution in [0.15, 0.2) is 71.7 Å². The molecule has 0 spiro atoms. The maximum atomic E-state index is 13.9. The van der Waals surface area contributed by atoms with Crippen molar-refractivity contribution >= 4 is 51.1 Å². The zero-order valence-electron chi connectivity index (χ0n) is 23.6. The third kappa shape index (κ3) is 7.53. The lowest BCUT2D eigenvalue weighted by Gasteiger charge is -2.13. The van der Waals surface area contributed by atoms with Gasteiger partial charge in [0, 0.05) is 35.8 Å². The molecular weight excluding hydrogens is 620 g/mol. The molecule has 3 aromatic carbocycles. The molecule has 0 radical (unpaired) electrons. The van der Waals surface area contributed by atoms with Crippen molar-refractivity contribution in [2.45, 2.75) is 38.5 Å². The predicted octanol–water partition coefficient (Wildman–Crippen LogP) is 7.14. The highest BCUT2D eigenvalue weighted by atomic mass is 35.5. The molecule has 8 nitrogen and oxygen atoms in total. The van der Waals surface area contributed by atoms with Crippen molar-refractivity contribution in [3.63, 3.8) is 0 Å². The number of aliphatic carboxylic acids is 1. The number of ether oxygens (including phenoxy) is 1. The SMILES string of the molecule is COc1cccc(Cn2cc(-c3nc4cc(Cl)c(Cl)cc4n(CCCCCN)c3=O)c3ccccc32)c1.O=C(O)C(F)(F)F. The number of aryl methyl sites for hydroxylation is 1. The van der Waals surface area contributed by atoms with E-state index in [0.717, 1.165) is 47.0 Å². The summed E-state index contributed by atoms with van der Waals surface area (Å²) in [6.07, 6.45) is -0.401. The van der Waals surface area contributed by atoms with Crippen LogP contribution in [-0.4, -0.2) is 45.0 Å².